The number of amides is 1. The zero-order chi connectivity index (χ0) is 28.3. The summed E-state index contributed by atoms with van der Waals surface area (Å²) in [4.78, 5) is 33.7. The molecule has 2 aromatic rings. The third-order valence-corrected chi connectivity index (χ3v) is 6.43. The number of rotatable bonds is 6. The van der Waals surface area contributed by atoms with Crippen LogP contribution in [0.5, 0.6) is 0 Å². The highest BCUT2D eigenvalue weighted by atomic mass is 19.4. The molecule has 1 saturated heterocycles. The number of anilines is 1. The van der Waals surface area contributed by atoms with E-state index in [1.54, 1.807) is 11.0 Å². The molecule has 9 nitrogen and oxygen atoms in total. The lowest BCUT2D eigenvalue weighted by Crippen LogP contribution is -2.51. The second kappa shape index (κ2) is 11.1. The molecule has 1 aromatic carbocycles. The number of hydrogen-bond donors (Lipinski definition) is 4. The molecule has 12 heteroatoms. The summed E-state index contributed by atoms with van der Waals surface area (Å²) >= 11 is 0. The summed E-state index contributed by atoms with van der Waals surface area (Å²) in [5.41, 5.74) is 5.12. The SMILES string of the molecule is CCC1(Nc2cc[nH]c(=O)c2C(N)=Nc2ccc(C(O)C(F)(F)F)cc2)CCN(C(=O)OC(C)(C)C)CC1. The fourth-order valence-electron chi connectivity index (χ4n) is 4.25. The number of aromatic amines is 1. The van der Waals surface area contributed by atoms with Crippen molar-refractivity contribution in [2.24, 2.45) is 10.7 Å². The molecule has 0 bridgehead atoms. The standard InChI is InChI=1S/C26H34F3N5O4/c1-5-25(11-14-34(15-12-25)23(37)38-24(2,3)4)33-18-10-13-31-22(36)19(18)21(30)32-17-8-6-16(7-9-17)20(35)26(27,28)29/h6-10,13,20,35H,5,11-12,14-15H2,1-4H3,(H2,30,32)(H2,31,33,36). The molecule has 1 atom stereocenters. The quantitative estimate of drug-likeness (QED) is 0.315. The first-order valence-corrected chi connectivity index (χ1v) is 12.3. The number of nitrogens with one attached hydrogen (secondary N) is 2. The van der Waals surface area contributed by atoms with Gasteiger partial charge in [0.25, 0.3) is 5.56 Å². The molecular weight excluding hydrogens is 503 g/mol. The molecule has 3 rings (SSSR count). The Kier molecular flexibility index (Phi) is 8.45. The van der Waals surface area contributed by atoms with Gasteiger partial charge in [0.15, 0.2) is 6.10 Å². The molecule has 1 amide bonds. The van der Waals surface area contributed by atoms with Crippen LogP contribution in [0.2, 0.25) is 0 Å². The number of carbonyl (C=O) groups is 1. The number of nitrogens with two attached hydrogens (primary N) is 1. The van der Waals surface area contributed by atoms with Crippen LogP contribution in [0, 0.1) is 0 Å². The lowest BCUT2D eigenvalue weighted by Gasteiger charge is -2.43. The molecule has 1 aromatic heterocycles. The van der Waals surface area contributed by atoms with Gasteiger partial charge in [-0.15, -0.1) is 0 Å². The number of piperidine rings is 1. The molecule has 0 aliphatic carbocycles. The number of ether oxygens (including phenoxy) is 1. The third kappa shape index (κ3) is 7.06. The van der Waals surface area contributed by atoms with Gasteiger partial charge in [-0.3, -0.25) is 4.79 Å². The molecule has 1 aliphatic rings. The van der Waals surface area contributed by atoms with Crippen molar-refractivity contribution in [3.05, 3.63) is 58.0 Å². The second-order valence-corrected chi connectivity index (χ2v) is 10.4. The maximum atomic E-state index is 12.8. The van der Waals surface area contributed by atoms with Crippen molar-refractivity contribution in [2.75, 3.05) is 18.4 Å². The Balaban J connectivity index is 1.81. The van der Waals surface area contributed by atoms with Gasteiger partial charge in [0.05, 0.1) is 11.4 Å². The van der Waals surface area contributed by atoms with Crippen LogP contribution in [0.25, 0.3) is 0 Å². The number of hydrogen-bond acceptors (Lipinski definition) is 6. The molecular formula is C26H34F3N5O4. The van der Waals surface area contributed by atoms with Gasteiger partial charge < -0.3 is 30.8 Å². The molecule has 38 heavy (non-hydrogen) atoms. The van der Waals surface area contributed by atoms with Crippen molar-refractivity contribution >= 4 is 23.3 Å². The molecule has 0 saturated carbocycles. The normalized spacial score (nSPS) is 17.2. The number of alkyl halides is 3. The average Bonchev–Trinajstić information content (AvgIpc) is 2.83. The van der Waals surface area contributed by atoms with E-state index in [1.165, 1.54) is 18.3 Å². The van der Waals surface area contributed by atoms with Crippen molar-refractivity contribution in [3.8, 4) is 0 Å². The van der Waals surface area contributed by atoms with Crippen molar-refractivity contribution in [2.45, 2.75) is 70.4 Å². The molecule has 1 aliphatic heterocycles. The summed E-state index contributed by atoms with van der Waals surface area (Å²) in [5, 5.41) is 12.9. The van der Waals surface area contributed by atoms with E-state index in [4.69, 9.17) is 10.5 Å². The van der Waals surface area contributed by atoms with Gasteiger partial charge in [-0.25, -0.2) is 9.79 Å². The first-order chi connectivity index (χ1) is 17.6. The van der Waals surface area contributed by atoms with E-state index < -0.39 is 29.0 Å². The average molecular weight is 538 g/mol. The lowest BCUT2D eigenvalue weighted by atomic mass is 9.84. The van der Waals surface area contributed by atoms with Gasteiger partial charge in [0, 0.05) is 24.8 Å². The maximum absolute atomic E-state index is 12.8. The molecule has 0 radical (unpaired) electrons. The number of carbonyl (C=O) groups excluding carboxylic acids is 1. The van der Waals surface area contributed by atoms with Crippen LogP contribution < -0.4 is 16.6 Å². The molecule has 1 fully saturated rings. The zero-order valence-corrected chi connectivity index (χ0v) is 21.9. The minimum atomic E-state index is -4.79. The number of aliphatic imine (C=N–C) groups is 1. The van der Waals surface area contributed by atoms with Gasteiger partial charge in [0.1, 0.15) is 17.0 Å². The minimum Gasteiger partial charge on any atom is -0.444 e. The minimum absolute atomic E-state index is 0.0919. The molecule has 0 spiro atoms. The Morgan fingerprint density at radius 1 is 1.21 bits per heavy atom. The number of aromatic nitrogens is 1. The highest BCUT2D eigenvalue weighted by Crippen LogP contribution is 2.34. The topological polar surface area (TPSA) is 133 Å². The fourth-order valence-corrected chi connectivity index (χ4v) is 4.25. The largest absolute Gasteiger partial charge is 0.444 e. The Morgan fingerprint density at radius 3 is 2.34 bits per heavy atom. The predicted octanol–water partition coefficient (Wildman–Crippen LogP) is 4.60. The van der Waals surface area contributed by atoms with E-state index in [0.29, 0.717) is 38.0 Å². The number of H-pyrrole nitrogens is 1. The second-order valence-electron chi connectivity index (χ2n) is 10.4. The first-order valence-electron chi connectivity index (χ1n) is 12.3. The van der Waals surface area contributed by atoms with E-state index in [2.05, 4.69) is 15.3 Å². The van der Waals surface area contributed by atoms with Crippen LogP contribution in [0.1, 0.15) is 64.2 Å². The monoisotopic (exact) mass is 537 g/mol. The molecule has 208 valence electrons. The van der Waals surface area contributed by atoms with Crippen LogP contribution in [-0.4, -0.2) is 57.3 Å². The Labute approximate surface area is 218 Å². The van der Waals surface area contributed by atoms with Crippen LogP contribution in [-0.2, 0) is 4.74 Å². The van der Waals surface area contributed by atoms with Gasteiger partial charge in [-0.2, -0.15) is 13.2 Å². The van der Waals surface area contributed by atoms with Crippen LogP contribution in [0.15, 0.2) is 46.3 Å². The van der Waals surface area contributed by atoms with Crippen LogP contribution in [0.4, 0.5) is 29.3 Å². The highest BCUT2D eigenvalue weighted by molar-refractivity contribution is 6.03. The smallest absolute Gasteiger partial charge is 0.418 e. The Bertz CT molecular complexity index is 1210. The number of nitrogens with zero attached hydrogens (tertiary/aromatic N) is 2. The van der Waals surface area contributed by atoms with Gasteiger partial charge in [0.2, 0.25) is 0 Å². The number of halogens is 3. The first kappa shape index (κ1) is 29.0. The predicted molar refractivity (Wildman–Crippen MR) is 139 cm³/mol. The van der Waals surface area contributed by atoms with E-state index in [0.717, 1.165) is 12.1 Å². The van der Waals surface area contributed by atoms with Crippen molar-refractivity contribution in [3.63, 3.8) is 0 Å². The van der Waals surface area contributed by atoms with E-state index >= 15 is 0 Å². The summed E-state index contributed by atoms with van der Waals surface area (Å²) in [6.07, 6.45) is -4.37. The van der Waals surface area contributed by atoms with E-state index in [1.807, 2.05) is 27.7 Å². The number of likely N-dealkylation sites (tertiary alicyclic amines) is 1. The number of pyridine rings is 1. The maximum Gasteiger partial charge on any atom is 0.418 e. The zero-order valence-electron chi connectivity index (χ0n) is 21.9. The van der Waals surface area contributed by atoms with Gasteiger partial charge in [-0.05, 0) is 63.8 Å². The van der Waals surface area contributed by atoms with Crippen LogP contribution >= 0.6 is 0 Å². The van der Waals surface area contributed by atoms with E-state index in [9.17, 15) is 27.9 Å². The highest BCUT2D eigenvalue weighted by Gasteiger charge is 2.39. The van der Waals surface area contributed by atoms with Gasteiger partial charge in [-0.1, -0.05) is 19.1 Å². The van der Waals surface area contributed by atoms with E-state index in [-0.39, 0.29) is 28.7 Å². The number of aliphatic hydroxyl groups is 1. The van der Waals surface area contributed by atoms with Crippen LogP contribution in [0.3, 0.4) is 0 Å². The van der Waals surface area contributed by atoms with Crippen molar-refractivity contribution in [1.29, 1.82) is 0 Å². The molecule has 1 unspecified atom stereocenters. The summed E-state index contributed by atoms with van der Waals surface area (Å²) in [6.45, 7) is 8.38. The third-order valence-electron chi connectivity index (χ3n) is 6.43. The summed E-state index contributed by atoms with van der Waals surface area (Å²) in [6, 6.07) is 6.43. The fraction of sp³-hybridized carbons (Fsp3) is 0.500. The molecule has 5 N–H and O–H groups in total. The lowest BCUT2D eigenvalue weighted by molar-refractivity contribution is -0.206. The van der Waals surface area contributed by atoms with Crippen molar-refractivity contribution in [1.82, 2.24) is 9.88 Å². The number of amidine groups is 1. The number of aliphatic hydroxyl groups excluding tert-OH is 1. The number of benzene rings is 1. The summed E-state index contributed by atoms with van der Waals surface area (Å²) in [7, 11) is 0. The Morgan fingerprint density at radius 2 is 1.82 bits per heavy atom. The Hall–Kier alpha value is -3.54. The van der Waals surface area contributed by atoms with Crippen molar-refractivity contribution < 1.29 is 27.8 Å². The van der Waals surface area contributed by atoms with Gasteiger partial charge >= 0.3 is 12.3 Å². The summed E-state index contributed by atoms with van der Waals surface area (Å²) < 4.78 is 43.8. The molecule has 2 heterocycles. The summed E-state index contributed by atoms with van der Waals surface area (Å²) in [5.74, 6) is -0.129.